The first-order chi connectivity index (χ1) is 15.9. The van der Waals surface area contributed by atoms with Gasteiger partial charge in [0.15, 0.2) is 23.0 Å². The Kier molecular flexibility index (Phi) is 4.52. The Balaban J connectivity index is 1.28. The number of hydrogen-bond acceptors (Lipinski definition) is 7. The molecule has 7 nitrogen and oxygen atoms in total. The first-order valence-corrected chi connectivity index (χ1v) is 11.1. The van der Waals surface area contributed by atoms with Crippen LogP contribution in [0.2, 0.25) is 0 Å². The van der Waals surface area contributed by atoms with E-state index in [4.69, 9.17) is 9.40 Å². The van der Waals surface area contributed by atoms with Crippen LogP contribution in [0.25, 0.3) is 33.4 Å². The standard InChI is InChI=1S/C24H23F2N5O2/c1-13-27-22-19(33-13)10-15(23(32)21(22)26)16-2-3-18-17(28-16)4-5-20(29-18)31-9-6-14(11-31)30-24(12-25)7-8-24/h2-5,10,14,30,32H,6-9,11-12H2,1H3/t14-/m0/s1. The molecule has 4 aromatic rings. The maximum Gasteiger partial charge on any atom is 0.195 e. The number of benzene rings is 1. The summed E-state index contributed by atoms with van der Waals surface area (Å²) in [6.07, 6.45) is 2.77. The van der Waals surface area contributed by atoms with Gasteiger partial charge in [-0.1, -0.05) is 0 Å². The summed E-state index contributed by atoms with van der Waals surface area (Å²) in [5.41, 5.74) is 1.94. The number of alkyl halides is 1. The van der Waals surface area contributed by atoms with Gasteiger partial charge in [-0.15, -0.1) is 0 Å². The average molecular weight is 451 g/mol. The molecule has 2 aliphatic rings. The highest BCUT2D eigenvalue weighted by molar-refractivity contribution is 5.87. The van der Waals surface area contributed by atoms with E-state index in [1.165, 1.54) is 0 Å². The summed E-state index contributed by atoms with van der Waals surface area (Å²) in [5.74, 6) is -0.170. The highest BCUT2D eigenvalue weighted by Crippen LogP contribution is 2.38. The van der Waals surface area contributed by atoms with E-state index >= 15 is 0 Å². The number of rotatable bonds is 5. The number of aromatic nitrogens is 3. The highest BCUT2D eigenvalue weighted by atomic mass is 19.1. The van der Waals surface area contributed by atoms with E-state index < -0.39 is 11.6 Å². The first-order valence-electron chi connectivity index (χ1n) is 11.1. The van der Waals surface area contributed by atoms with Crippen LogP contribution in [0.15, 0.2) is 34.7 Å². The lowest BCUT2D eigenvalue weighted by Crippen LogP contribution is -2.43. The Hall–Kier alpha value is -3.33. The Morgan fingerprint density at radius 3 is 2.76 bits per heavy atom. The lowest BCUT2D eigenvalue weighted by atomic mass is 10.1. The Labute approximate surface area is 188 Å². The molecule has 170 valence electrons. The zero-order chi connectivity index (χ0) is 22.7. The molecule has 0 bridgehead atoms. The SMILES string of the molecule is Cc1nc2c(F)c(O)c(-c3ccc4nc(N5CC[C@H](NC6(CF)CC6)C5)ccc4n3)cc2o1. The molecular weight excluding hydrogens is 428 g/mol. The number of fused-ring (bicyclic) bond motifs is 2. The van der Waals surface area contributed by atoms with E-state index in [-0.39, 0.29) is 34.9 Å². The molecule has 0 spiro atoms. The van der Waals surface area contributed by atoms with E-state index in [2.05, 4.69) is 20.2 Å². The summed E-state index contributed by atoms with van der Waals surface area (Å²) >= 11 is 0. The lowest BCUT2D eigenvalue weighted by molar-refractivity contribution is 0.332. The fraction of sp³-hybridized carbons (Fsp3) is 0.375. The van der Waals surface area contributed by atoms with Gasteiger partial charge in [0.25, 0.3) is 0 Å². The Morgan fingerprint density at radius 2 is 1.97 bits per heavy atom. The molecule has 3 aromatic heterocycles. The van der Waals surface area contributed by atoms with E-state index in [9.17, 15) is 13.9 Å². The van der Waals surface area contributed by atoms with Crippen LogP contribution in [-0.2, 0) is 0 Å². The topological polar surface area (TPSA) is 87.3 Å². The fourth-order valence-electron chi connectivity index (χ4n) is 4.63. The summed E-state index contributed by atoms with van der Waals surface area (Å²) < 4.78 is 33.3. The summed E-state index contributed by atoms with van der Waals surface area (Å²) in [6, 6.07) is 9.10. The molecule has 2 N–H and O–H groups in total. The summed E-state index contributed by atoms with van der Waals surface area (Å²) in [5, 5.41) is 13.9. The van der Waals surface area contributed by atoms with Crippen LogP contribution in [0.3, 0.4) is 0 Å². The molecule has 4 heterocycles. The number of halogens is 2. The van der Waals surface area contributed by atoms with Crippen molar-refractivity contribution >= 4 is 28.0 Å². The van der Waals surface area contributed by atoms with Crippen molar-refractivity contribution in [2.24, 2.45) is 0 Å². The molecule has 1 saturated carbocycles. The largest absolute Gasteiger partial charge is 0.504 e. The minimum absolute atomic E-state index is 0.00150. The van der Waals surface area contributed by atoms with Crippen molar-refractivity contribution in [2.45, 2.75) is 37.8 Å². The number of pyridine rings is 2. The molecule has 1 atom stereocenters. The molecule has 33 heavy (non-hydrogen) atoms. The molecule has 6 rings (SSSR count). The van der Waals surface area contributed by atoms with Crippen molar-refractivity contribution in [3.05, 3.63) is 42.0 Å². The van der Waals surface area contributed by atoms with Gasteiger partial charge in [0.2, 0.25) is 0 Å². The third-order valence-corrected chi connectivity index (χ3v) is 6.64. The van der Waals surface area contributed by atoms with Crippen molar-refractivity contribution in [1.29, 1.82) is 0 Å². The highest BCUT2D eigenvalue weighted by Gasteiger charge is 2.45. The van der Waals surface area contributed by atoms with Gasteiger partial charge in [-0.3, -0.25) is 0 Å². The van der Waals surface area contributed by atoms with E-state index in [1.807, 2.05) is 18.2 Å². The fourth-order valence-corrected chi connectivity index (χ4v) is 4.63. The minimum Gasteiger partial charge on any atom is -0.504 e. The van der Waals surface area contributed by atoms with E-state index in [1.54, 1.807) is 19.1 Å². The zero-order valence-electron chi connectivity index (χ0n) is 18.1. The molecule has 0 radical (unpaired) electrons. The Morgan fingerprint density at radius 1 is 1.18 bits per heavy atom. The van der Waals surface area contributed by atoms with Crippen molar-refractivity contribution in [3.8, 4) is 17.0 Å². The predicted octanol–water partition coefficient (Wildman–Crippen LogP) is 4.26. The van der Waals surface area contributed by atoms with Crippen molar-refractivity contribution in [1.82, 2.24) is 20.3 Å². The summed E-state index contributed by atoms with van der Waals surface area (Å²) in [4.78, 5) is 15.5. The second kappa shape index (κ2) is 7.34. The number of hydrogen-bond donors (Lipinski definition) is 2. The van der Waals surface area contributed by atoms with Crippen LogP contribution >= 0.6 is 0 Å². The molecule has 1 aromatic carbocycles. The van der Waals surface area contributed by atoms with Gasteiger partial charge >= 0.3 is 0 Å². The normalized spacial score (nSPS) is 19.6. The van der Waals surface area contributed by atoms with E-state index in [0.717, 1.165) is 38.2 Å². The molecule has 9 heteroatoms. The molecule has 0 amide bonds. The van der Waals surface area contributed by atoms with Crippen LogP contribution in [0.5, 0.6) is 5.75 Å². The second-order valence-electron chi connectivity index (χ2n) is 9.06. The van der Waals surface area contributed by atoms with Crippen molar-refractivity contribution in [2.75, 3.05) is 24.7 Å². The van der Waals surface area contributed by atoms with Crippen LogP contribution in [0.4, 0.5) is 14.6 Å². The third-order valence-electron chi connectivity index (χ3n) is 6.64. The average Bonchev–Trinajstić information content (AvgIpc) is 3.25. The number of phenolic OH excluding ortho intramolecular Hbond substituents is 1. The number of phenols is 1. The predicted molar refractivity (Wildman–Crippen MR) is 121 cm³/mol. The van der Waals surface area contributed by atoms with Gasteiger partial charge in [0, 0.05) is 37.2 Å². The van der Waals surface area contributed by atoms with Gasteiger partial charge in [-0.05, 0) is 49.6 Å². The monoisotopic (exact) mass is 451 g/mol. The second-order valence-corrected chi connectivity index (χ2v) is 9.06. The third kappa shape index (κ3) is 3.47. The van der Waals surface area contributed by atoms with Crippen LogP contribution in [0, 0.1) is 12.7 Å². The van der Waals surface area contributed by atoms with Crippen LogP contribution < -0.4 is 10.2 Å². The van der Waals surface area contributed by atoms with Crippen molar-refractivity contribution in [3.63, 3.8) is 0 Å². The number of aromatic hydroxyl groups is 1. The van der Waals surface area contributed by atoms with Gasteiger partial charge in [-0.25, -0.2) is 23.7 Å². The molecule has 0 unspecified atom stereocenters. The van der Waals surface area contributed by atoms with Gasteiger partial charge < -0.3 is 19.7 Å². The maximum absolute atomic E-state index is 14.6. The van der Waals surface area contributed by atoms with Crippen LogP contribution in [-0.4, -0.2) is 51.4 Å². The number of aryl methyl sites for hydroxylation is 1. The minimum atomic E-state index is -0.826. The smallest absolute Gasteiger partial charge is 0.195 e. The molecular formula is C24H23F2N5O2. The quantitative estimate of drug-likeness (QED) is 0.469. The zero-order valence-corrected chi connectivity index (χ0v) is 18.1. The summed E-state index contributed by atoms with van der Waals surface area (Å²) in [7, 11) is 0. The van der Waals surface area contributed by atoms with Crippen LogP contribution in [0.1, 0.15) is 25.2 Å². The number of nitrogens with one attached hydrogen (secondary N) is 1. The van der Waals surface area contributed by atoms with E-state index in [0.29, 0.717) is 22.6 Å². The number of oxazole rings is 1. The molecule has 1 aliphatic heterocycles. The Bertz CT molecular complexity index is 1380. The van der Waals surface area contributed by atoms with Gasteiger partial charge in [0.1, 0.15) is 18.0 Å². The number of anilines is 1. The molecule has 2 fully saturated rings. The van der Waals surface area contributed by atoms with Gasteiger partial charge in [0.05, 0.1) is 16.7 Å². The van der Waals surface area contributed by atoms with Gasteiger partial charge in [-0.2, -0.15) is 0 Å². The van der Waals surface area contributed by atoms with Crippen molar-refractivity contribution < 1.29 is 18.3 Å². The molecule has 1 aliphatic carbocycles. The molecule has 1 saturated heterocycles. The number of nitrogens with zero attached hydrogens (tertiary/aromatic N) is 4. The lowest BCUT2D eigenvalue weighted by Gasteiger charge is -2.21. The summed E-state index contributed by atoms with van der Waals surface area (Å²) in [6.45, 7) is 2.95. The first kappa shape index (κ1) is 20.3. The maximum atomic E-state index is 14.6.